The van der Waals surface area contributed by atoms with Crippen LogP contribution in [0.4, 0.5) is 5.69 Å². The highest BCUT2D eigenvalue weighted by atomic mass is 32.1. The Bertz CT molecular complexity index is 878. The standard InChI is InChI=1S/C17H13N3O3S/c1-23-17(22)11-5-4-6-12(9-11)19-15(21)14-10-24-16(20-14)13-7-2-3-8-18-13/h2-10H,1H3,(H,19,21). The number of anilines is 1. The van der Waals surface area contributed by atoms with E-state index in [2.05, 4.69) is 20.0 Å². The van der Waals surface area contributed by atoms with Gasteiger partial charge < -0.3 is 10.1 Å². The molecule has 2 heterocycles. The summed E-state index contributed by atoms with van der Waals surface area (Å²) < 4.78 is 4.66. The van der Waals surface area contributed by atoms with Gasteiger partial charge in [-0.25, -0.2) is 9.78 Å². The third-order valence-electron chi connectivity index (χ3n) is 3.16. The Morgan fingerprint density at radius 2 is 2.04 bits per heavy atom. The summed E-state index contributed by atoms with van der Waals surface area (Å²) in [4.78, 5) is 32.3. The van der Waals surface area contributed by atoms with Crippen LogP contribution in [-0.2, 0) is 4.74 Å². The maximum Gasteiger partial charge on any atom is 0.337 e. The predicted octanol–water partition coefficient (Wildman–Crippen LogP) is 3.24. The molecular weight excluding hydrogens is 326 g/mol. The number of carbonyl (C=O) groups is 2. The topological polar surface area (TPSA) is 81.2 Å². The lowest BCUT2D eigenvalue weighted by atomic mass is 10.2. The van der Waals surface area contributed by atoms with Crippen LogP contribution in [-0.4, -0.2) is 29.0 Å². The number of hydrogen-bond acceptors (Lipinski definition) is 6. The van der Waals surface area contributed by atoms with Crippen molar-refractivity contribution in [3.05, 3.63) is 65.3 Å². The number of carbonyl (C=O) groups excluding carboxylic acids is 2. The minimum Gasteiger partial charge on any atom is -0.465 e. The van der Waals surface area contributed by atoms with Gasteiger partial charge in [-0.2, -0.15) is 0 Å². The number of nitrogens with zero attached hydrogens (tertiary/aromatic N) is 2. The van der Waals surface area contributed by atoms with Gasteiger partial charge in [0.1, 0.15) is 10.7 Å². The molecular formula is C17H13N3O3S. The summed E-state index contributed by atoms with van der Waals surface area (Å²) >= 11 is 1.34. The van der Waals surface area contributed by atoms with Crippen LogP contribution in [0.15, 0.2) is 54.0 Å². The first-order valence-electron chi connectivity index (χ1n) is 7.04. The molecule has 0 unspecified atom stereocenters. The number of amides is 1. The smallest absolute Gasteiger partial charge is 0.337 e. The molecule has 0 aliphatic carbocycles. The SMILES string of the molecule is COC(=O)c1cccc(NC(=O)c2csc(-c3ccccn3)n2)c1. The minimum absolute atomic E-state index is 0.295. The summed E-state index contributed by atoms with van der Waals surface area (Å²) in [6, 6.07) is 12.0. The molecule has 120 valence electrons. The molecule has 3 rings (SSSR count). The van der Waals surface area contributed by atoms with E-state index in [9.17, 15) is 9.59 Å². The average Bonchev–Trinajstić information content (AvgIpc) is 3.12. The number of pyridine rings is 1. The number of benzene rings is 1. The van der Waals surface area contributed by atoms with E-state index in [4.69, 9.17) is 0 Å². The molecule has 0 fully saturated rings. The second kappa shape index (κ2) is 7.01. The highest BCUT2D eigenvalue weighted by molar-refractivity contribution is 7.13. The summed E-state index contributed by atoms with van der Waals surface area (Å²) in [5, 5.41) is 5.06. The largest absolute Gasteiger partial charge is 0.465 e. The number of esters is 1. The van der Waals surface area contributed by atoms with Crippen LogP contribution in [0, 0.1) is 0 Å². The summed E-state index contributed by atoms with van der Waals surface area (Å²) in [5.74, 6) is -0.812. The van der Waals surface area contributed by atoms with Crippen LogP contribution in [0.1, 0.15) is 20.8 Å². The number of hydrogen-bond donors (Lipinski definition) is 1. The van der Waals surface area contributed by atoms with E-state index in [-0.39, 0.29) is 5.91 Å². The predicted molar refractivity (Wildman–Crippen MR) is 91.1 cm³/mol. The van der Waals surface area contributed by atoms with Gasteiger partial charge in [-0.3, -0.25) is 9.78 Å². The van der Waals surface area contributed by atoms with E-state index in [1.807, 2.05) is 18.2 Å². The van der Waals surface area contributed by atoms with Crippen molar-refractivity contribution in [3.63, 3.8) is 0 Å². The average molecular weight is 339 g/mol. The third-order valence-corrected chi connectivity index (χ3v) is 4.03. The van der Waals surface area contributed by atoms with Gasteiger partial charge in [-0.15, -0.1) is 11.3 Å². The second-order valence-electron chi connectivity index (χ2n) is 4.78. The molecule has 1 N–H and O–H groups in total. The number of thiazole rings is 1. The fourth-order valence-corrected chi connectivity index (χ4v) is 2.80. The second-order valence-corrected chi connectivity index (χ2v) is 5.64. The van der Waals surface area contributed by atoms with E-state index in [1.54, 1.807) is 35.8 Å². The molecule has 0 aliphatic rings. The highest BCUT2D eigenvalue weighted by Gasteiger charge is 2.13. The zero-order valence-electron chi connectivity index (χ0n) is 12.7. The molecule has 0 saturated carbocycles. The van der Waals surface area contributed by atoms with Crippen LogP contribution in [0.25, 0.3) is 10.7 Å². The molecule has 6 nitrogen and oxygen atoms in total. The first-order valence-corrected chi connectivity index (χ1v) is 7.92. The monoisotopic (exact) mass is 339 g/mol. The number of aromatic nitrogens is 2. The number of rotatable bonds is 4. The van der Waals surface area contributed by atoms with Gasteiger partial charge in [0, 0.05) is 17.3 Å². The van der Waals surface area contributed by atoms with Crippen LogP contribution in [0.2, 0.25) is 0 Å². The van der Waals surface area contributed by atoms with E-state index in [0.29, 0.717) is 27.6 Å². The number of nitrogens with one attached hydrogen (secondary N) is 1. The normalized spacial score (nSPS) is 10.2. The van der Waals surface area contributed by atoms with Gasteiger partial charge in [0.2, 0.25) is 0 Å². The Balaban J connectivity index is 1.76. The Morgan fingerprint density at radius 3 is 2.79 bits per heavy atom. The van der Waals surface area contributed by atoms with Crippen molar-refractivity contribution in [1.82, 2.24) is 9.97 Å². The summed E-state index contributed by atoms with van der Waals surface area (Å²) in [6.45, 7) is 0. The highest BCUT2D eigenvalue weighted by Crippen LogP contribution is 2.22. The fraction of sp³-hybridized carbons (Fsp3) is 0.0588. The lowest BCUT2D eigenvalue weighted by molar-refractivity contribution is 0.0600. The lowest BCUT2D eigenvalue weighted by Crippen LogP contribution is -2.13. The van der Waals surface area contributed by atoms with Crippen LogP contribution >= 0.6 is 11.3 Å². The van der Waals surface area contributed by atoms with Gasteiger partial charge in [-0.1, -0.05) is 12.1 Å². The molecule has 24 heavy (non-hydrogen) atoms. The third kappa shape index (κ3) is 3.47. The lowest BCUT2D eigenvalue weighted by Gasteiger charge is -2.05. The molecule has 7 heteroatoms. The van der Waals surface area contributed by atoms with Crippen molar-refractivity contribution in [2.75, 3.05) is 12.4 Å². The summed E-state index contributed by atoms with van der Waals surface area (Å²) in [7, 11) is 1.31. The Kier molecular flexibility index (Phi) is 4.62. The molecule has 2 aromatic heterocycles. The van der Waals surface area contributed by atoms with Crippen molar-refractivity contribution in [1.29, 1.82) is 0 Å². The molecule has 0 bridgehead atoms. The van der Waals surface area contributed by atoms with Crippen LogP contribution in [0.3, 0.4) is 0 Å². The van der Waals surface area contributed by atoms with E-state index in [1.165, 1.54) is 18.4 Å². The van der Waals surface area contributed by atoms with Crippen LogP contribution in [0.5, 0.6) is 0 Å². The maximum absolute atomic E-state index is 12.3. The van der Waals surface area contributed by atoms with E-state index >= 15 is 0 Å². The van der Waals surface area contributed by atoms with Gasteiger partial charge in [-0.05, 0) is 30.3 Å². The van der Waals surface area contributed by atoms with Gasteiger partial charge >= 0.3 is 5.97 Å². The summed E-state index contributed by atoms with van der Waals surface area (Å²) in [5.41, 5.74) is 1.87. The van der Waals surface area contributed by atoms with E-state index in [0.717, 1.165) is 0 Å². The van der Waals surface area contributed by atoms with Gasteiger partial charge in [0.05, 0.1) is 18.4 Å². The molecule has 0 saturated heterocycles. The first-order chi connectivity index (χ1) is 11.7. The zero-order valence-corrected chi connectivity index (χ0v) is 13.5. The molecule has 1 aromatic carbocycles. The zero-order chi connectivity index (χ0) is 16.9. The quantitative estimate of drug-likeness (QED) is 0.738. The Labute approximate surface area is 142 Å². The van der Waals surface area contributed by atoms with Gasteiger partial charge in [0.15, 0.2) is 0 Å². The fourth-order valence-electron chi connectivity index (χ4n) is 2.02. The van der Waals surface area contributed by atoms with Gasteiger partial charge in [0.25, 0.3) is 5.91 Å². The van der Waals surface area contributed by atoms with Crippen molar-refractivity contribution >= 4 is 28.9 Å². The number of methoxy groups -OCH3 is 1. The molecule has 1 amide bonds. The summed E-state index contributed by atoms with van der Waals surface area (Å²) in [6.07, 6.45) is 1.68. The molecule has 0 atom stereocenters. The Morgan fingerprint density at radius 1 is 1.17 bits per heavy atom. The van der Waals surface area contributed by atoms with Crippen molar-refractivity contribution in [2.24, 2.45) is 0 Å². The van der Waals surface area contributed by atoms with Crippen LogP contribution < -0.4 is 5.32 Å². The Hall–Kier alpha value is -3.06. The van der Waals surface area contributed by atoms with E-state index < -0.39 is 5.97 Å². The van der Waals surface area contributed by atoms with Crippen molar-refractivity contribution in [3.8, 4) is 10.7 Å². The molecule has 0 radical (unpaired) electrons. The maximum atomic E-state index is 12.3. The molecule has 3 aromatic rings. The first kappa shape index (κ1) is 15.8. The molecule has 0 spiro atoms. The van der Waals surface area contributed by atoms with Crippen molar-refractivity contribution < 1.29 is 14.3 Å². The minimum atomic E-state index is -0.461. The van der Waals surface area contributed by atoms with Crippen molar-refractivity contribution in [2.45, 2.75) is 0 Å². The number of ether oxygens (including phenoxy) is 1. The molecule has 0 aliphatic heterocycles.